The standard InChI is InChI=1S/C25H25ClN2O6S/c1-16-25(29)28(14-17-7-9-21(32-2)13-24(17)33-3)15-18-11-20(8-10-23(18)34-16)27-35(30,31)22-6-4-5-19(26)12-22/h4-13,16,27H,14-15H2,1-3H3/t16-/m1/s1. The van der Waals surface area contributed by atoms with Crippen molar-refractivity contribution in [1.82, 2.24) is 4.90 Å². The second-order valence-corrected chi connectivity index (χ2v) is 10.1. The van der Waals surface area contributed by atoms with E-state index in [1.54, 1.807) is 68.5 Å². The van der Waals surface area contributed by atoms with E-state index in [4.69, 9.17) is 25.8 Å². The van der Waals surface area contributed by atoms with Crippen LogP contribution >= 0.6 is 11.6 Å². The van der Waals surface area contributed by atoms with Gasteiger partial charge in [0.25, 0.3) is 15.9 Å². The first-order valence-corrected chi connectivity index (χ1v) is 12.6. The SMILES string of the molecule is COc1ccc(CN2Cc3cc(NS(=O)(=O)c4cccc(Cl)c4)ccc3O[C@H](C)C2=O)c(OC)c1. The van der Waals surface area contributed by atoms with Crippen LogP contribution < -0.4 is 18.9 Å². The Bertz CT molecular complexity index is 1360. The van der Waals surface area contributed by atoms with E-state index in [9.17, 15) is 13.2 Å². The number of methoxy groups -OCH3 is 2. The Morgan fingerprint density at radius 1 is 1.09 bits per heavy atom. The lowest BCUT2D eigenvalue weighted by Gasteiger charge is -2.23. The fourth-order valence-corrected chi connectivity index (χ4v) is 5.18. The largest absolute Gasteiger partial charge is 0.497 e. The number of carbonyl (C=O) groups is 1. The Morgan fingerprint density at radius 2 is 1.89 bits per heavy atom. The molecular weight excluding hydrogens is 492 g/mol. The van der Waals surface area contributed by atoms with E-state index >= 15 is 0 Å². The van der Waals surface area contributed by atoms with Crippen LogP contribution in [-0.2, 0) is 27.9 Å². The van der Waals surface area contributed by atoms with Crippen molar-refractivity contribution < 1.29 is 27.4 Å². The number of sulfonamides is 1. The van der Waals surface area contributed by atoms with Gasteiger partial charge in [0.15, 0.2) is 6.10 Å². The molecule has 1 atom stereocenters. The smallest absolute Gasteiger partial charge is 0.263 e. The van der Waals surface area contributed by atoms with Gasteiger partial charge in [-0.15, -0.1) is 0 Å². The molecule has 3 aromatic carbocycles. The van der Waals surface area contributed by atoms with E-state index in [-0.39, 0.29) is 23.9 Å². The zero-order valence-corrected chi connectivity index (χ0v) is 21.0. The fraction of sp³-hybridized carbons (Fsp3) is 0.240. The Balaban J connectivity index is 1.62. The first kappa shape index (κ1) is 24.7. The number of halogens is 1. The number of rotatable bonds is 7. The van der Waals surface area contributed by atoms with Gasteiger partial charge in [0.1, 0.15) is 17.2 Å². The van der Waals surface area contributed by atoms with E-state index in [1.165, 1.54) is 12.1 Å². The highest BCUT2D eigenvalue weighted by Crippen LogP contribution is 2.32. The summed E-state index contributed by atoms with van der Waals surface area (Å²) in [6, 6.07) is 16.3. The predicted molar refractivity (Wildman–Crippen MR) is 133 cm³/mol. The second kappa shape index (κ2) is 10.1. The number of benzene rings is 3. The normalized spacial score (nSPS) is 15.6. The third-order valence-corrected chi connectivity index (χ3v) is 7.21. The summed E-state index contributed by atoms with van der Waals surface area (Å²) >= 11 is 5.95. The fourth-order valence-electron chi connectivity index (χ4n) is 3.83. The molecule has 1 aliphatic rings. The Hall–Kier alpha value is -3.43. The lowest BCUT2D eigenvalue weighted by Crippen LogP contribution is -2.37. The predicted octanol–water partition coefficient (Wildman–Crippen LogP) is 4.47. The van der Waals surface area contributed by atoms with E-state index in [0.717, 1.165) is 5.56 Å². The van der Waals surface area contributed by atoms with Crippen LogP contribution in [0, 0.1) is 0 Å². The van der Waals surface area contributed by atoms with Crippen LogP contribution in [0.2, 0.25) is 5.02 Å². The van der Waals surface area contributed by atoms with Gasteiger partial charge in [-0.25, -0.2) is 8.42 Å². The maximum Gasteiger partial charge on any atom is 0.263 e. The zero-order valence-electron chi connectivity index (χ0n) is 19.4. The second-order valence-electron chi connectivity index (χ2n) is 8.02. The third-order valence-electron chi connectivity index (χ3n) is 5.60. The topological polar surface area (TPSA) is 94.2 Å². The minimum atomic E-state index is -3.85. The highest BCUT2D eigenvalue weighted by molar-refractivity contribution is 7.92. The van der Waals surface area contributed by atoms with Gasteiger partial charge in [0.05, 0.1) is 19.1 Å². The minimum Gasteiger partial charge on any atom is -0.497 e. The molecule has 35 heavy (non-hydrogen) atoms. The third kappa shape index (κ3) is 5.47. The highest BCUT2D eigenvalue weighted by Gasteiger charge is 2.29. The quantitative estimate of drug-likeness (QED) is 0.498. The van der Waals surface area contributed by atoms with Gasteiger partial charge in [-0.1, -0.05) is 17.7 Å². The number of nitrogens with zero attached hydrogens (tertiary/aromatic N) is 1. The van der Waals surface area contributed by atoms with Gasteiger partial charge in [-0.2, -0.15) is 0 Å². The molecule has 4 rings (SSSR count). The molecule has 0 unspecified atom stereocenters. The van der Waals surface area contributed by atoms with Crippen molar-refractivity contribution in [2.75, 3.05) is 18.9 Å². The van der Waals surface area contributed by atoms with Crippen molar-refractivity contribution in [1.29, 1.82) is 0 Å². The van der Waals surface area contributed by atoms with Gasteiger partial charge >= 0.3 is 0 Å². The molecule has 0 saturated carbocycles. The summed E-state index contributed by atoms with van der Waals surface area (Å²) in [6.07, 6.45) is -0.713. The number of hydrogen-bond acceptors (Lipinski definition) is 6. The number of amides is 1. The first-order chi connectivity index (χ1) is 16.7. The molecule has 0 fully saturated rings. The monoisotopic (exact) mass is 516 g/mol. The molecule has 0 aliphatic carbocycles. The van der Waals surface area contributed by atoms with Crippen LogP contribution in [0.15, 0.2) is 65.6 Å². The van der Waals surface area contributed by atoms with Crippen molar-refractivity contribution >= 4 is 33.2 Å². The lowest BCUT2D eigenvalue weighted by molar-refractivity contribution is -0.138. The highest BCUT2D eigenvalue weighted by atomic mass is 35.5. The molecule has 0 spiro atoms. The van der Waals surface area contributed by atoms with Crippen LogP contribution in [0.3, 0.4) is 0 Å². The van der Waals surface area contributed by atoms with Gasteiger partial charge in [-0.05, 0) is 55.5 Å². The van der Waals surface area contributed by atoms with Crippen molar-refractivity contribution in [2.24, 2.45) is 0 Å². The lowest BCUT2D eigenvalue weighted by atomic mass is 10.1. The van der Waals surface area contributed by atoms with Crippen LogP contribution in [0.4, 0.5) is 5.69 Å². The minimum absolute atomic E-state index is 0.0493. The molecule has 10 heteroatoms. The van der Waals surface area contributed by atoms with Crippen LogP contribution in [0.5, 0.6) is 17.2 Å². The van der Waals surface area contributed by atoms with Crippen LogP contribution in [0.1, 0.15) is 18.1 Å². The molecule has 3 aromatic rings. The van der Waals surface area contributed by atoms with Crippen molar-refractivity contribution in [3.63, 3.8) is 0 Å². The summed E-state index contributed by atoms with van der Waals surface area (Å²) in [4.78, 5) is 14.8. The molecule has 0 saturated heterocycles. The van der Waals surface area contributed by atoms with E-state index in [2.05, 4.69) is 4.72 Å². The molecule has 1 amide bonds. The number of nitrogens with one attached hydrogen (secondary N) is 1. The summed E-state index contributed by atoms with van der Waals surface area (Å²) in [5.74, 6) is 1.56. The molecular formula is C25H25ClN2O6S. The van der Waals surface area contributed by atoms with E-state index < -0.39 is 16.1 Å². The summed E-state index contributed by atoms with van der Waals surface area (Å²) in [7, 11) is -0.727. The van der Waals surface area contributed by atoms with Gasteiger partial charge < -0.3 is 19.1 Å². The maximum absolute atomic E-state index is 13.1. The molecule has 1 N–H and O–H groups in total. The summed E-state index contributed by atoms with van der Waals surface area (Å²) in [5.41, 5.74) is 1.81. The molecule has 0 bridgehead atoms. The molecule has 1 heterocycles. The average molecular weight is 517 g/mol. The van der Waals surface area contributed by atoms with Crippen molar-refractivity contribution in [3.05, 3.63) is 76.8 Å². The van der Waals surface area contributed by atoms with E-state index in [0.29, 0.717) is 33.5 Å². The number of ether oxygens (including phenoxy) is 3. The summed E-state index contributed by atoms with van der Waals surface area (Å²) in [6.45, 7) is 2.18. The summed E-state index contributed by atoms with van der Waals surface area (Å²) in [5, 5.41) is 0.320. The molecule has 0 aromatic heterocycles. The summed E-state index contributed by atoms with van der Waals surface area (Å²) < 4.78 is 44.8. The number of fused-ring (bicyclic) bond motifs is 1. The Labute approximate surface area is 209 Å². The number of hydrogen-bond donors (Lipinski definition) is 1. The van der Waals surface area contributed by atoms with Gasteiger partial charge in [0, 0.05) is 41.0 Å². The average Bonchev–Trinajstić information content (AvgIpc) is 2.95. The Kier molecular flexibility index (Phi) is 7.09. The Morgan fingerprint density at radius 3 is 2.60 bits per heavy atom. The number of anilines is 1. The van der Waals surface area contributed by atoms with Crippen molar-refractivity contribution in [3.8, 4) is 17.2 Å². The maximum atomic E-state index is 13.1. The van der Waals surface area contributed by atoms with Crippen LogP contribution in [0.25, 0.3) is 0 Å². The molecule has 0 radical (unpaired) electrons. The molecule has 8 nitrogen and oxygen atoms in total. The van der Waals surface area contributed by atoms with E-state index in [1.807, 2.05) is 6.07 Å². The molecule has 184 valence electrons. The van der Waals surface area contributed by atoms with Gasteiger partial charge in [-0.3, -0.25) is 9.52 Å². The zero-order chi connectivity index (χ0) is 25.2. The van der Waals surface area contributed by atoms with Crippen molar-refractivity contribution in [2.45, 2.75) is 31.0 Å². The first-order valence-electron chi connectivity index (χ1n) is 10.8. The van der Waals surface area contributed by atoms with Crippen LogP contribution in [-0.4, -0.2) is 39.5 Å². The molecule has 1 aliphatic heterocycles. The van der Waals surface area contributed by atoms with Gasteiger partial charge in [0.2, 0.25) is 0 Å². The number of carbonyl (C=O) groups excluding carboxylic acids is 1.